The van der Waals surface area contributed by atoms with Crippen LogP contribution in [-0.4, -0.2) is 0 Å². The highest BCUT2D eigenvalue weighted by Gasteiger charge is 2.33. The molecule has 1 aliphatic rings. The molecule has 158 valence electrons. The van der Waals surface area contributed by atoms with Gasteiger partial charge in [0.2, 0.25) is 0 Å². The van der Waals surface area contributed by atoms with Crippen molar-refractivity contribution in [3.8, 4) is 11.1 Å². The smallest absolute Gasteiger partial charge is 0.206 e. The number of unbranched alkanes of at least 4 members (excludes halogenated alkanes) is 1. The maximum atomic E-state index is 14.4. The summed E-state index contributed by atoms with van der Waals surface area (Å²) in [5.41, 5.74) is 2.37. The van der Waals surface area contributed by atoms with Gasteiger partial charge in [-0.25, -0.2) is 13.2 Å². The molecule has 0 nitrogen and oxygen atoms in total. The van der Waals surface area contributed by atoms with Crippen LogP contribution in [0, 0.1) is 11.7 Å². The maximum absolute atomic E-state index is 14.4. The van der Waals surface area contributed by atoms with Gasteiger partial charge in [-0.05, 0) is 72.8 Å². The molecule has 2 aromatic rings. The van der Waals surface area contributed by atoms with Crippen molar-refractivity contribution in [1.29, 1.82) is 0 Å². The van der Waals surface area contributed by atoms with Gasteiger partial charge in [0.15, 0.2) is 0 Å². The average molecular weight is 403 g/mol. The molecule has 0 spiro atoms. The Hall–Kier alpha value is -1.77. The molecule has 0 N–H and O–H groups in total. The predicted octanol–water partition coefficient (Wildman–Crippen LogP) is 8.85. The monoisotopic (exact) mass is 402 g/mol. The van der Waals surface area contributed by atoms with Crippen LogP contribution in [0.1, 0.15) is 88.7 Å². The summed E-state index contributed by atoms with van der Waals surface area (Å²) in [6.07, 6.45) is 8.43. The van der Waals surface area contributed by atoms with E-state index >= 15 is 0 Å². The second-order valence-corrected chi connectivity index (χ2v) is 8.63. The van der Waals surface area contributed by atoms with Crippen LogP contribution >= 0.6 is 0 Å². The Morgan fingerprint density at radius 1 is 0.862 bits per heavy atom. The minimum Gasteiger partial charge on any atom is -0.206 e. The van der Waals surface area contributed by atoms with Crippen LogP contribution in [0.2, 0.25) is 0 Å². The van der Waals surface area contributed by atoms with Crippen molar-refractivity contribution >= 4 is 0 Å². The first kappa shape index (κ1) is 21.9. The molecule has 0 heterocycles. The Bertz CT molecular complexity index is 771. The molecule has 0 saturated heterocycles. The first-order chi connectivity index (χ1) is 13.9. The summed E-state index contributed by atoms with van der Waals surface area (Å²) in [6.45, 7) is 4.11. The third-order valence-electron chi connectivity index (χ3n) is 6.47. The number of benzene rings is 2. The van der Waals surface area contributed by atoms with Crippen LogP contribution in [0.5, 0.6) is 0 Å². The number of hydrogen-bond donors (Lipinski definition) is 0. The molecule has 0 radical (unpaired) electrons. The second-order valence-electron chi connectivity index (χ2n) is 8.63. The van der Waals surface area contributed by atoms with Crippen LogP contribution in [-0.2, 0) is 5.92 Å². The molecule has 0 bridgehead atoms. The van der Waals surface area contributed by atoms with Gasteiger partial charge in [-0.1, -0.05) is 63.4 Å². The van der Waals surface area contributed by atoms with Crippen LogP contribution in [0.4, 0.5) is 13.2 Å². The van der Waals surface area contributed by atoms with Crippen molar-refractivity contribution in [2.24, 2.45) is 5.92 Å². The van der Waals surface area contributed by atoms with E-state index in [0.29, 0.717) is 24.3 Å². The Labute approximate surface area is 173 Å². The quantitative estimate of drug-likeness (QED) is 0.414. The molecule has 2 aromatic carbocycles. The van der Waals surface area contributed by atoms with Gasteiger partial charge >= 0.3 is 0 Å². The van der Waals surface area contributed by atoms with E-state index < -0.39 is 17.3 Å². The van der Waals surface area contributed by atoms with Crippen molar-refractivity contribution < 1.29 is 13.2 Å². The first-order valence-electron chi connectivity index (χ1n) is 11.2. The van der Waals surface area contributed by atoms with E-state index in [0.717, 1.165) is 11.5 Å². The Morgan fingerprint density at radius 3 is 2.10 bits per heavy atom. The summed E-state index contributed by atoms with van der Waals surface area (Å²) < 4.78 is 42.9. The molecule has 29 heavy (non-hydrogen) atoms. The van der Waals surface area contributed by atoms with Gasteiger partial charge in [0, 0.05) is 6.42 Å². The molecule has 3 heteroatoms. The molecule has 0 atom stereocenters. The molecule has 0 unspecified atom stereocenters. The summed E-state index contributed by atoms with van der Waals surface area (Å²) in [6, 6.07) is 12.4. The van der Waals surface area contributed by atoms with E-state index in [1.165, 1.54) is 56.2 Å². The highest BCUT2D eigenvalue weighted by Crippen LogP contribution is 2.39. The van der Waals surface area contributed by atoms with E-state index in [1.54, 1.807) is 6.07 Å². The van der Waals surface area contributed by atoms with Crippen LogP contribution in [0.15, 0.2) is 42.5 Å². The summed E-state index contributed by atoms with van der Waals surface area (Å²) in [5.74, 6) is -2.44. The second kappa shape index (κ2) is 9.82. The number of halogens is 3. The van der Waals surface area contributed by atoms with Crippen molar-refractivity contribution in [1.82, 2.24) is 0 Å². The predicted molar refractivity (Wildman–Crippen MR) is 115 cm³/mol. The van der Waals surface area contributed by atoms with Crippen LogP contribution in [0.3, 0.4) is 0 Å². The van der Waals surface area contributed by atoms with Gasteiger partial charge < -0.3 is 0 Å². The maximum Gasteiger partial charge on any atom is 0.276 e. The zero-order valence-electron chi connectivity index (χ0n) is 17.7. The number of hydrogen-bond acceptors (Lipinski definition) is 0. The molecule has 0 aromatic heterocycles. The lowest BCUT2D eigenvalue weighted by Gasteiger charge is -2.28. The van der Waals surface area contributed by atoms with Gasteiger partial charge in [0.25, 0.3) is 5.92 Å². The highest BCUT2D eigenvalue weighted by atomic mass is 19.3. The minimum absolute atomic E-state index is 0.311. The fraction of sp³-hybridized carbons (Fsp3) is 0.538. The van der Waals surface area contributed by atoms with Crippen molar-refractivity contribution in [3.63, 3.8) is 0 Å². The molecule has 1 aliphatic carbocycles. The summed E-state index contributed by atoms with van der Waals surface area (Å²) >= 11 is 0. The van der Waals surface area contributed by atoms with Crippen LogP contribution in [0.25, 0.3) is 11.1 Å². The third-order valence-corrected chi connectivity index (χ3v) is 6.47. The molecule has 3 rings (SSSR count). The van der Waals surface area contributed by atoms with Gasteiger partial charge in [0.1, 0.15) is 5.82 Å². The van der Waals surface area contributed by atoms with Gasteiger partial charge in [-0.3, -0.25) is 0 Å². The first-order valence-corrected chi connectivity index (χ1v) is 11.2. The fourth-order valence-corrected chi connectivity index (χ4v) is 4.67. The number of alkyl halides is 2. The Balaban J connectivity index is 1.69. The van der Waals surface area contributed by atoms with Gasteiger partial charge in [-0.15, -0.1) is 0 Å². The lowest BCUT2D eigenvalue weighted by atomic mass is 9.77. The topological polar surface area (TPSA) is 0 Å². The summed E-state index contributed by atoms with van der Waals surface area (Å²) in [4.78, 5) is 0. The van der Waals surface area contributed by atoms with Gasteiger partial charge in [0.05, 0.1) is 5.56 Å². The van der Waals surface area contributed by atoms with E-state index in [4.69, 9.17) is 0 Å². The van der Waals surface area contributed by atoms with E-state index in [1.807, 2.05) is 19.1 Å². The molecular weight excluding hydrogens is 369 g/mol. The standard InChI is InChI=1S/C26H33F3/c1-3-5-17-26(28,29)24-16-15-23(18-25(24)27)22-13-11-21(12-14-22)20-9-7-19(6-4-2)8-10-20/h11-16,18-20H,3-10,17H2,1-2H3. The van der Waals surface area contributed by atoms with Crippen molar-refractivity contribution in [3.05, 3.63) is 59.4 Å². The summed E-state index contributed by atoms with van der Waals surface area (Å²) in [5, 5.41) is 0. The lowest BCUT2D eigenvalue weighted by molar-refractivity contribution is -0.0187. The minimum atomic E-state index is -3.11. The van der Waals surface area contributed by atoms with Gasteiger partial charge in [-0.2, -0.15) is 0 Å². The largest absolute Gasteiger partial charge is 0.276 e. The van der Waals surface area contributed by atoms with Crippen LogP contribution < -0.4 is 0 Å². The summed E-state index contributed by atoms with van der Waals surface area (Å²) in [7, 11) is 0. The molecule has 1 fully saturated rings. The van der Waals surface area contributed by atoms with Crippen molar-refractivity contribution in [2.75, 3.05) is 0 Å². The highest BCUT2D eigenvalue weighted by molar-refractivity contribution is 5.64. The molecule has 0 aliphatic heterocycles. The molecule has 1 saturated carbocycles. The molecular formula is C26H33F3. The number of rotatable bonds is 8. The zero-order chi connectivity index (χ0) is 20.9. The molecule has 0 amide bonds. The van der Waals surface area contributed by atoms with E-state index in [2.05, 4.69) is 19.1 Å². The van der Waals surface area contributed by atoms with E-state index in [9.17, 15) is 13.2 Å². The Morgan fingerprint density at radius 2 is 1.52 bits per heavy atom. The average Bonchev–Trinajstić information content (AvgIpc) is 2.73. The SMILES string of the molecule is CCCCC(F)(F)c1ccc(-c2ccc(C3CCC(CCC)CC3)cc2)cc1F. The third kappa shape index (κ3) is 5.43. The zero-order valence-corrected chi connectivity index (χ0v) is 17.7. The Kier molecular flexibility index (Phi) is 7.43. The van der Waals surface area contributed by atoms with Crippen molar-refractivity contribution in [2.45, 2.75) is 83.5 Å². The lowest BCUT2D eigenvalue weighted by Crippen LogP contribution is -2.15. The fourth-order valence-electron chi connectivity index (χ4n) is 4.67. The van der Waals surface area contributed by atoms with E-state index in [-0.39, 0.29) is 6.42 Å². The normalized spacial score (nSPS) is 20.0.